The maximum Gasteiger partial charge on any atom is 0.0163 e. The van der Waals surface area contributed by atoms with Crippen LogP contribution in [0.3, 0.4) is 0 Å². The molecule has 1 aliphatic carbocycles. The lowest BCUT2D eigenvalue weighted by molar-refractivity contribution is 0.137. The smallest absolute Gasteiger partial charge is 0.0163 e. The fraction of sp³-hybridized carbons (Fsp3) is 0.750. The van der Waals surface area contributed by atoms with Gasteiger partial charge in [-0.1, -0.05) is 25.2 Å². The molecule has 1 heterocycles. The lowest BCUT2D eigenvalue weighted by Crippen LogP contribution is -2.35. The summed E-state index contributed by atoms with van der Waals surface area (Å²) in [6, 6.07) is 0. The van der Waals surface area contributed by atoms with Crippen LogP contribution in [0.15, 0.2) is 24.8 Å². The Morgan fingerprint density at radius 1 is 1.35 bits per heavy atom. The third-order valence-electron chi connectivity index (χ3n) is 4.61. The Bertz CT molecular complexity index is 271. The predicted molar refractivity (Wildman–Crippen MR) is 75.1 cm³/mol. The fourth-order valence-corrected chi connectivity index (χ4v) is 3.33. The Hall–Kier alpha value is -0.560. The normalized spacial score (nSPS) is 34.8. The maximum absolute atomic E-state index is 3.90. The zero-order valence-electron chi connectivity index (χ0n) is 11.3. The lowest BCUT2D eigenvalue weighted by Gasteiger charge is -2.38. The Kier molecular flexibility index (Phi) is 4.44. The first-order valence-corrected chi connectivity index (χ1v) is 7.20. The van der Waals surface area contributed by atoms with Crippen LogP contribution in [-0.4, -0.2) is 24.5 Å². The van der Waals surface area contributed by atoms with Gasteiger partial charge in [0.15, 0.2) is 0 Å². The van der Waals surface area contributed by atoms with Crippen LogP contribution in [0.4, 0.5) is 0 Å². The average molecular weight is 233 g/mol. The quantitative estimate of drug-likeness (QED) is 0.663. The van der Waals surface area contributed by atoms with Gasteiger partial charge in [0.25, 0.3) is 0 Å². The highest BCUT2D eigenvalue weighted by Gasteiger charge is 2.30. The molecule has 96 valence electrons. The second-order valence-corrected chi connectivity index (χ2v) is 6.27. The Balaban J connectivity index is 1.75. The average Bonchev–Trinajstić information content (AvgIpc) is 2.34. The summed E-state index contributed by atoms with van der Waals surface area (Å²) in [4.78, 5) is 2.63. The van der Waals surface area contributed by atoms with Gasteiger partial charge in [-0.05, 0) is 49.9 Å². The van der Waals surface area contributed by atoms with Crippen LogP contribution in [-0.2, 0) is 0 Å². The van der Waals surface area contributed by atoms with Crippen molar-refractivity contribution >= 4 is 0 Å². The van der Waals surface area contributed by atoms with E-state index in [0.29, 0.717) is 5.41 Å². The van der Waals surface area contributed by atoms with E-state index in [2.05, 4.69) is 36.6 Å². The standard InChI is InChI=1S/C16H27N/c1-3-9-16(2)10-7-15(8-11-16)14-17-12-5-4-6-13-17/h3-5,15H,1,6-14H2,2H3. The van der Waals surface area contributed by atoms with Crippen molar-refractivity contribution < 1.29 is 0 Å². The van der Waals surface area contributed by atoms with E-state index in [0.717, 1.165) is 5.92 Å². The minimum absolute atomic E-state index is 0.556. The van der Waals surface area contributed by atoms with E-state index < -0.39 is 0 Å². The summed E-state index contributed by atoms with van der Waals surface area (Å²) in [6.07, 6.45) is 14.8. The first-order valence-electron chi connectivity index (χ1n) is 7.20. The molecule has 0 amide bonds. The fourth-order valence-electron chi connectivity index (χ4n) is 3.33. The van der Waals surface area contributed by atoms with Crippen molar-refractivity contribution in [2.45, 2.75) is 45.4 Å². The number of nitrogens with zero attached hydrogens (tertiary/aromatic N) is 1. The molecular formula is C16H27N. The molecule has 1 heteroatoms. The van der Waals surface area contributed by atoms with Gasteiger partial charge in [-0.25, -0.2) is 0 Å². The Morgan fingerprint density at radius 2 is 2.12 bits per heavy atom. The van der Waals surface area contributed by atoms with Crippen LogP contribution in [0.25, 0.3) is 0 Å². The van der Waals surface area contributed by atoms with Crippen LogP contribution in [0.2, 0.25) is 0 Å². The molecule has 1 nitrogen and oxygen atoms in total. The second-order valence-electron chi connectivity index (χ2n) is 6.27. The van der Waals surface area contributed by atoms with Crippen molar-refractivity contribution in [3.63, 3.8) is 0 Å². The molecule has 0 radical (unpaired) electrons. The highest BCUT2D eigenvalue weighted by molar-refractivity contribution is 4.93. The minimum atomic E-state index is 0.556. The lowest BCUT2D eigenvalue weighted by atomic mass is 9.70. The topological polar surface area (TPSA) is 3.24 Å². The first kappa shape index (κ1) is 12.9. The van der Waals surface area contributed by atoms with Gasteiger partial charge in [0.1, 0.15) is 0 Å². The number of rotatable bonds is 4. The van der Waals surface area contributed by atoms with Gasteiger partial charge in [0.2, 0.25) is 0 Å². The van der Waals surface area contributed by atoms with E-state index in [1.54, 1.807) is 0 Å². The third-order valence-corrected chi connectivity index (χ3v) is 4.61. The zero-order chi connectivity index (χ0) is 12.1. The van der Waals surface area contributed by atoms with Gasteiger partial charge in [-0.2, -0.15) is 0 Å². The molecule has 1 fully saturated rings. The maximum atomic E-state index is 3.90. The van der Waals surface area contributed by atoms with Crippen LogP contribution in [0.1, 0.15) is 45.4 Å². The molecule has 2 rings (SSSR count). The predicted octanol–water partition coefficient (Wildman–Crippen LogP) is 4.02. The molecule has 0 aromatic carbocycles. The molecule has 0 bridgehead atoms. The molecule has 0 aromatic rings. The number of hydrogen-bond donors (Lipinski definition) is 0. The monoisotopic (exact) mass is 233 g/mol. The van der Waals surface area contributed by atoms with E-state index in [-0.39, 0.29) is 0 Å². The van der Waals surface area contributed by atoms with E-state index in [1.807, 2.05) is 0 Å². The molecule has 2 aliphatic rings. The van der Waals surface area contributed by atoms with E-state index in [1.165, 1.54) is 58.2 Å². The van der Waals surface area contributed by atoms with Crippen molar-refractivity contribution in [3.8, 4) is 0 Å². The van der Waals surface area contributed by atoms with Crippen molar-refractivity contribution in [2.24, 2.45) is 11.3 Å². The van der Waals surface area contributed by atoms with Crippen LogP contribution in [0.5, 0.6) is 0 Å². The number of allylic oxidation sites excluding steroid dienone is 1. The Labute approximate surface area is 107 Å². The molecule has 17 heavy (non-hydrogen) atoms. The SMILES string of the molecule is C=CCC1(C)CCC(CN2CC=CCC2)CC1. The molecule has 1 saturated carbocycles. The van der Waals surface area contributed by atoms with Crippen LogP contribution < -0.4 is 0 Å². The number of hydrogen-bond acceptors (Lipinski definition) is 1. The summed E-state index contributed by atoms with van der Waals surface area (Å²) in [7, 11) is 0. The minimum Gasteiger partial charge on any atom is -0.299 e. The molecule has 0 atom stereocenters. The van der Waals surface area contributed by atoms with E-state index in [4.69, 9.17) is 0 Å². The molecule has 0 aromatic heterocycles. The van der Waals surface area contributed by atoms with Gasteiger partial charge in [-0.15, -0.1) is 6.58 Å². The highest BCUT2D eigenvalue weighted by Crippen LogP contribution is 2.41. The molecular weight excluding hydrogens is 206 g/mol. The first-order chi connectivity index (χ1) is 8.22. The van der Waals surface area contributed by atoms with Crippen molar-refractivity contribution in [2.75, 3.05) is 19.6 Å². The summed E-state index contributed by atoms with van der Waals surface area (Å²) in [5, 5.41) is 0. The molecule has 0 unspecified atom stereocenters. The van der Waals surface area contributed by atoms with Crippen molar-refractivity contribution in [1.82, 2.24) is 4.90 Å². The summed E-state index contributed by atoms with van der Waals surface area (Å²) in [5.41, 5.74) is 0.556. The molecule has 1 aliphatic heterocycles. The Morgan fingerprint density at radius 3 is 2.71 bits per heavy atom. The van der Waals surface area contributed by atoms with Crippen molar-refractivity contribution in [3.05, 3.63) is 24.8 Å². The summed E-state index contributed by atoms with van der Waals surface area (Å²) < 4.78 is 0. The highest BCUT2D eigenvalue weighted by atomic mass is 15.1. The second kappa shape index (κ2) is 5.86. The molecule has 0 spiro atoms. The zero-order valence-corrected chi connectivity index (χ0v) is 11.3. The summed E-state index contributed by atoms with van der Waals surface area (Å²) in [6.45, 7) is 10.1. The van der Waals surface area contributed by atoms with Gasteiger partial charge >= 0.3 is 0 Å². The van der Waals surface area contributed by atoms with Gasteiger partial charge in [0, 0.05) is 19.6 Å². The summed E-state index contributed by atoms with van der Waals surface area (Å²) in [5.74, 6) is 0.944. The van der Waals surface area contributed by atoms with Gasteiger partial charge in [0.05, 0.1) is 0 Å². The molecule has 0 saturated heterocycles. The summed E-state index contributed by atoms with van der Waals surface area (Å²) >= 11 is 0. The van der Waals surface area contributed by atoms with E-state index in [9.17, 15) is 0 Å². The van der Waals surface area contributed by atoms with Gasteiger partial charge < -0.3 is 0 Å². The van der Waals surface area contributed by atoms with Crippen LogP contribution in [0, 0.1) is 11.3 Å². The third kappa shape index (κ3) is 3.70. The van der Waals surface area contributed by atoms with Crippen molar-refractivity contribution in [1.29, 1.82) is 0 Å². The van der Waals surface area contributed by atoms with Crippen LogP contribution >= 0.6 is 0 Å². The van der Waals surface area contributed by atoms with E-state index >= 15 is 0 Å². The largest absolute Gasteiger partial charge is 0.299 e. The van der Waals surface area contributed by atoms with Gasteiger partial charge in [-0.3, -0.25) is 4.90 Å². The molecule has 0 N–H and O–H groups in total.